The lowest BCUT2D eigenvalue weighted by molar-refractivity contribution is -0.140. The van der Waals surface area contributed by atoms with Gasteiger partial charge in [0.15, 0.2) is 5.69 Å². The predicted octanol–water partition coefficient (Wildman–Crippen LogP) is 2.79. The quantitative estimate of drug-likeness (QED) is 0.814. The van der Waals surface area contributed by atoms with Crippen LogP contribution >= 0.6 is 11.3 Å². The second kappa shape index (κ2) is 3.18. The first-order valence-electron chi connectivity index (χ1n) is 4.53. The van der Waals surface area contributed by atoms with E-state index in [-0.39, 0.29) is 5.92 Å². The molecule has 0 atom stereocenters. The molecule has 1 aromatic heterocycles. The molecule has 6 heteroatoms. The van der Waals surface area contributed by atoms with Crippen LogP contribution in [0.5, 0.6) is 0 Å². The van der Waals surface area contributed by atoms with Crippen LogP contribution in [-0.2, 0) is 6.18 Å². The zero-order valence-corrected chi connectivity index (χ0v) is 8.82. The van der Waals surface area contributed by atoms with E-state index in [1.165, 1.54) is 0 Å². The molecule has 1 aliphatic carbocycles. The fraction of sp³-hybridized carbons (Fsp3) is 0.667. The number of halogens is 3. The maximum Gasteiger partial charge on any atom is 0.434 e. The summed E-state index contributed by atoms with van der Waals surface area (Å²) in [6.45, 7) is 1.68. The van der Waals surface area contributed by atoms with Gasteiger partial charge < -0.3 is 5.11 Å². The fourth-order valence-corrected chi connectivity index (χ4v) is 2.71. The summed E-state index contributed by atoms with van der Waals surface area (Å²) in [5, 5.41) is 11.0. The maximum atomic E-state index is 12.2. The minimum absolute atomic E-state index is 0.0129. The maximum absolute atomic E-state index is 12.2. The summed E-state index contributed by atoms with van der Waals surface area (Å²) in [4.78, 5) is 3.55. The Bertz CT molecular complexity index is 364. The van der Waals surface area contributed by atoms with Crippen LogP contribution in [0.2, 0.25) is 0 Å². The molecule has 0 spiro atoms. The van der Waals surface area contributed by atoms with E-state index in [0.29, 0.717) is 17.8 Å². The van der Waals surface area contributed by atoms with Gasteiger partial charge in [-0.15, -0.1) is 11.3 Å². The summed E-state index contributed by atoms with van der Waals surface area (Å²) in [5.74, 6) is -0.0129. The first kappa shape index (κ1) is 10.9. The van der Waals surface area contributed by atoms with Crippen molar-refractivity contribution in [2.45, 2.75) is 37.5 Å². The van der Waals surface area contributed by atoms with Gasteiger partial charge in [-0.05, 0) is 19.8 Å². The van der Waals surface area contributed by atoms with Crippen molar-refractivity contribution >= 4 is 11.3 Å². The van der Waals surface area contributed by atoms with Gasteiger partial charge in [-0.3, -0.25) is 0 Å². The smallest absolute Gasteiger partial charge is 0.390 e. The summed E-state index contributed by atoms with van der Waals surface area (Å²) in [6.07, 6.45) is -3.36. The number of thiazole rings is 1. The summed E-state index contributed by atoms with van der Waals surface area (Å²) in [7, 11) is 0. The standard InChI is InChI=1S/C9H10F3NOS/c1-8(14)2-5(3-8)7-13-6(4-15-7)9(10,11)12/h4-5,14H,2-3H2,1H3. The van der Waals surface area contributed by atoms with Gasteiger partial charge >= 0.3 is 6.18 Å². The molecule has 84 valence electrons. The molecule has 1 aromatic rings. The van der Waals surface area contributed by atoms with E-state index in [1.807, 2.05) is 0 Å². The zero-order chi connectivity index (χ0) is 11.3. The minimum atomic E-state index is -4.36. The second-order valence-electron chi connectivity index (χ2n) is 4.17. The van der Waals surface area contributed by atoms with Gasteiger partial charge in [0.1, 0.15) is 0 Å². The van der Waals surface area contributed by atoms with Crippen LogP contribution < -0.4 is 0 Å². The lowest BCUT2D eigenvalue weighted by Gasteiger charge is -2.39. The van der Waals surface area contributed by atoms with Gasteiger partial charge in [-0.25, -0.2) is 4.98 Å². The van der Waals surface area contributed by atoms with Crippen molar-refractivity contribution < 1.29 is 18.3 Å². The Morgan fingerprint density at radius 3 is 2.53 bits per heavy atom. The van der Waals surface area contributed by atoms with E-state index >= 15 is 0 Å². The summed E-state index contributed by atoms with van der Waals surface area (Å²) < 4.78 is 36.7. The Morgan fingerprint density at radius 1 is 1.53 bits per heavy atom. The van der Waals surface area contributed by atoms with Crippen molar-refractivity contribution in [3.63, 3.8) is 0 Å². The van der Waals surface area contributed by atoms with Crippen molar-refractivity contribution in [3.8, 4) is 0 Å². The normalized spacial score (nSPS) is 31.4. The summed E-state index contributed by atoms with van der Waals surface area (Å²) >= 11 is 1.02. The lowest BCUT2D eigenvalue weighted by Crippen LogP contribution is -2.39. The van der Waals surface area contributed by atoms with E-state index < -0.39 is 17.5 Å². The monoisotopic (exact) mass is 237 g/mol. The van der Waals surface area contributed by atoms with Crippen LogP contribution in [0.1, 0.15) is 36.4 Å². The highest BCUT2D eigenvalue weighted by molar-refractivity contribution is 7.09. The van der Waals surface area contributed by atoms with Crippen LogP contribution in [0.15, 0.2) is 5.38 Å². The summed E-state index contributed by atoms with van der Waals surface area (Å²) in [6, 6.07) is 0. The largest absolute Gasteiger partial charge is 0.434 e. The number of aromatic nitrogens is 1. The zero-order valence-electron chi connectivity index (χ0n) is 8.01. The Kier molecular flexibility index (Phi) is 2.31. The van der Waals surface area contributed by atoms with Crippen molar-refractivity contribution in [1.29, 1.82) is 0 Å². The van der Waals surface area contributed by atoms with Crippen LogP contribution in [0, 0.1) is 0 Å². The lowest BCUT2D eigenvalue weighted by atomic mass is 9.72. The molecule has 0 saturated heterocycles. The van der Waals surface area contributed by atoms with Crippen LogP contribution in [-0.4, -0.2) is 15.7 Å². The molecule has 0 amide bonds. The molecule has 0 aromatic carbocycles. The van der Waals surface area contributed by atoms with Crippen molar-refractivity contribution in [2.75, 3.05) is 0 Å². The molecule has 0 radical (unpaired) electrons. The van der Waals surface area contributed by atoms with Gasteiger partial charge in [-0.2, -0.15) is 13.2 Å². The summed E-state index contributed by atoms with van der Waals surface area (Å²) in [5.41, 5.74) is -1.55. The van der Waals surface area contributed by atoms with E-state index in [0.717, 1.165) is 16.7 Å². The molecular weight excluding hydrogens is 227 g/mol. The third kappa shape index (κ3) is 2.15. The molecule has 2 nitrogen and oxygen atoms in total. The second-order valence-corrected chi connectivity index (χ2v) is 5.06. The molecule has 1 fully saturated rings. The molecular formula is C9H10F3NOS. The number of nitrogens with zero attached hydrogens (tertiary/aromatic N) is 1. The molecule has 0 bridgehead atoms. The molecule has 1 aliphatic rings. The van der Waals surface area contributed by atoms with Crippen LogP contribution in [0.3, 0.4) is 0 Å². The Hall–Kier alpha value is -0.620. The molecule has 15 heavy (non-hydrogen) atoms. The Morgan fingerprint density at radius 2 is 2.13 bits per heavy atom. The molecule has 1 saturated carbocycles. The number of hydrogen-bond donors (Lipinski definition) is 1. The van der Waals surface area contributed by atoms with Gasteiger partial charge in [0.2, 0.25) is 0 Å². The highest BCUT2D eigenvalue weighted by atomic mass is 32.1. The SMILES string of the molecule is CC1(O)CC(c2nc(C(F)(F)F)cs2)C1. The van der Waals surface area contributed by atoms with Crippen LogP contribution in [0.4, 0.5) is 13.2 Å². The van der Waals surface area contributed by atoms with E-state index in [4.69, 9.17) is 0 Å². The topological polar surface area (TPSA) is 33.1 Å². The Labute approximate surface area is 88.8 Å². The molecule has 2 rings (SSSR count). The van der Waals surface area contributed by atoms with Crippen molar-refractivity contribution in [1.82, 2.24) is 4.98 Å². The van der Waals surface area contributed by atoms with Gasteiger partial charge in [-0.1, -0.05) is 0 Å². The predicted molar refractivity (Wildman–Crippen MR) is 49.7 cm³/mol. The van der Waals surface area contributed by atoms with Crippen molar-refractivity contribution in [3.05, 3.63) is 16.1 Å². The van der Waals surface area contributed by atoms with Gasteiger partial charge in [0.05, 0.1) is 10.6 Å². The van der Waals surface area contributed by atoms with Gasteiger partial charge in [0, 0.05) is 11.3 Å². The highest BCUT2D eigenvalue weighted by Crippen LogP contribution is 2.46. The molecule has 0 aliphatic heterocycles. The highest BCUT2D eigenvalue weighted by Gasteiger charge is 2.42. The minimum Gasteiger partial charge on any atom is -0.390 e. The van der Waals surface area contributed by atoms with E-state index in [9.17, 15) is 18.3 Å². The molecule has 0 unspecified atom stereocenters. The van der Waals surface area contributed by atoms with Crippen molar-refractivity contribution in [2.24, 2.45) is 0 Å². The van der Waals surface area contributed by atoms with Gasteiger partial charge in [0.25, 0.3) is 0 Å². The van der Waals surface area contributed by atoms with E-state index in [2.05, 4.69) is 4.98 Å². The Balaban J connectivity index is 2.10. The first-order valence-corrected chi connectivity index (χ1v) is 5.41. The molecule has 1 heterocycles. The fourth-order valence-electron chi connectivity index (χ4n) is 1.78. The number of rotatable bonds is 1. The molecule has 1 N–H and O–H groups in total. The third-order valence-corrected chi connectivity index (χ3v) is 3.54. The number of hydrogen-bond acceptors (Lipinski definition) is 3. The van der Waals surface area contributed by atoms with Crippen LogP contribution in [0.25, 0.3) is 0 Å². The third-order valence-electron chi connectivity index (χ3n) is 2.53. The number of aliphatic hydroxyl groups is 1. The first-order chi connectivity index (χ1) is 6.78. The average molecular weight is 237 g/mol. The number of alkyl halides is 3. The van der Waals surface area contributed by atoms with E-state index in [1.54, 1.807) is 6.92 Å². The average Bonchev–Trinajstić information content (AvgIpc) is 2.45.